The van der Waals surface area contributed by atoms with Crippen molar-refractivity contribution in [2.24, 2.45) is 0 Å². The van der Waals surface area contributed by atoms with Gasteiger partial charge in [0, 0.05) is 12.3 Å². The molecule has 0 bridgehead atoms. The summed E-state index contributed by atoms with van der Waals surface area (Å²) in [4.78, 5) is 8.28. The lowest BCUT2D eigenvalue weighted by Gasteiger charge is -2.01. The van der Waals surface area contributed by atoms with Crippen molar-refractivity contribution in [3.05, 3.63) is 42.2 Å². The molecular formula is C13H11N3O2. The van der Waals surface area contributed by atoms with Crippen LogP contribution < -0.4 is 0 Å². The first-order chi connectivity index (χ1) is 8.74. The minimum atomic E-state index is 0.636. The van der Waals surface area contributed by atoms with Crippen LogP contribution in [-0.4, -0.2) is 15.1 Å². The maximum absolute atomic E-state index is 5.59. The Morgan fingerprint density at radius 1 is 1.11 bits per heavy atom. The van der Waals surface area contributed by atoms with Gasteiger partial charge in [-0.1, -0.05) is 5.16 Å². The number of hydrogen-bond donors (Lipinski definition) is 0. The average Bonchev–Trinajstić information content (AvgIpc) is 2.98. The predicted molar refractivity (Wildman–Crippen MR) is 64.7 cm³/mol. The molecule has 90 valence electrons. The summed E-state index contributed by atoms with van der Waals surface area (Å²) in [6.45, 7) is 3.76. The van der Waals surface area contributed by atoms with Crippen molar-refractivity contribution in [1.29, 1.82) is 0 Å². The maximum Gasteiger partial charge on any atom is 0.170 e. The third-order valence-corrected chi connectivity index (χ3v) is 2.58. The van der Waals surface area contributed by atoms with Crippen LogP contribution in [0, 0.1) is 13.8 Å². The van der Waals surface area contributed by atoms with E-state index in [0.29, 0.717) is 17.2 Å². The van der Waals surface area contributed by atoms with Gasteiger partial charge in [0.25, 0.3) is 0 Å². The Labute approximate surface area is 103 Å². The van der Waals surface area contributed by atoms with Crippen LogP contribution in [-0.2, 0) is 0 Å². The fourth-order valence-electron chi connectivity index (χ4n) is 1.76. The largest absolute Gasteiger partial charge is 0.460 e. The standard InChI is InChI=1S/C13H11N3O2/c1-8-5-12(18-16-8)10-6-14-7-15-13(10)11-4-3-9(2)17-11/h3-7H,1-2H3. The first-order valence-corrected chi connectivity index (χ1v) is 5.54. The van der Waals surface area contributed by atoms with Gasteiger partial charge in [-0.2, -0.15) is 0 Å². The number of rotatable bonds is 2. The molecule has 0 saturated carbocycles. The second kappa shape index (κ2) is 4.10. The van der Waals surface area contributed by atoms with Gasteiger partial charge in [-0.05, 0) is 26.0 Å². The van der Waals surface area contributed by atoms with Crippen molar-refractivity contribution >= 4 is 0 Å². The van der Waals surface area contributed by atoms with Gasteiger partial charge in [-0.15, -0.1) is 0 Å². The van der Waals surface area contributed by atoms with E-state index in [1.807, 2.05) is 32.0 Å². The number of hydrogen-bond acceptors (Lipinski definition) is 5. The zero-order valence-corrected chi connectivity index (χ0v) is 10.0. The molecule has 0 saturated heterocycles. The lowest BCUT2D eigenvalue weighted by Crippen LogP contribution is -1.88. The molecule has 0 aliphatic heterocycles. The summed E-state index contributed by atoms with van der Waals surface area (Å²) in [5.41, 5.74) is 2.29. The summed E-state index contributed by atoms with van der Waals surface area (Å²) in [6.07, 6.45) is 3.18. The number of furan rings is 1. The Balaban J connectivity index is 2.16. The zero-order chi connectivity index (χ0) is 12.5. The summed E-state index contributed by atoms with van der Waals surface area (Å²) in [5, 5.41) is 3.87. The Hall–Kier alpha value is -2.43. The first-order valence-electron chi connectivity index (χ1n) is 5.54. The van der Waals surface area contributed by atoms with Crippen molar-refractivity contribution in [3.63, 3.8) is 0 Å². The van der Waals surface area contributed by atoms with Gasteiger partial charge >= 0.3 is 0 Å². The minimum absolute atomic E-state index is 0.636. The molecule has 3 aromatic heterocycles. The Kier molecular flexibility index (Phi) is 2.44. The van der Waals surface area contributed by atoms with Gasteiger partial charge < -0.3 is 8.94 Å². The van der Waals surface area contributed by atoms with Crippen LogP contribution in [0.15, 0.2) is 39.7 Å². The highest BCUT2D eigenvalue weighted by Gasteiger charge is 2.15. The van der Waals surface area contributed by atoms with Crippen LogP contribution in [0.25, 0.3) is 22.8 Å². The van der Waals surface area contributed by atoms with Crippen molar-refractivity contribution < 1.29 is 8.94 Å². The average molecular weight is 241 g/mol. The molecule has 18 heavy (non-hydrogen) atoms. The summed E-state index contributed by atoms with van der Waals surface area (Å²) in [6, 6.07) is 5.62. The minimum Gasteiger partial charge on any atom is -0.460 e. The van der Waals surface area contributed by atoms with E-state index in [-0.39, 0.29) is 0 Å². The molecule has 5 heteroatoms. The molecule has 0 spiro atoms. The predicted octanol–water partition coefficient (Wildman–Crippen LogP) is 3.01. The van der Waals surface area contributed by atoms with Crippen LogP contribution in [0.1, 0.15) is 11.5 Å². The second-order valence-electron chi connectivity index (χ2n) is 4.03. The van der Waals surface area contributed by atoms with E-state index in [0.717, 1.165) is 17.0 Å². The highest BCUT2D eigenvalue weighted by Crippen LogP contribution is 2.30. The molecule has 3 rings (SSSR count). The van der Waals surface area contributed by atoms with Gasteiger partial charge in [0.1, 0.15) is 17.8 Å². The summed E-state index contributed by atoms with van der Waals surface area (Å²) < 4.78 is 10.8. The van der Waals surface area contributed by atoms with Gasteiger partial charge in [0.05, 0.1) is 11.3 Å². The van der Waals surface area contributed by atoms with Crippen molar-refractivity contribution in [1.82, 2.24) is 15.1 Å². The molecule has 0 radical (unpaired) electrons. The SMILES string of the molecule is Cc1cc(-c2cncnc2-c2ccc(C)o2)on1. The molecule has 0 atom stereocenters. The summed E-state index contributed by atoms with van der Waals surface area (Å²) >= 11 is 0. The van der Waals surface area contributed by atoms with Crippen LogP contribution in [0.2, 0.25) is 0 Å². The lowest BCUT2D eigenvalue weighted by molar-refractivity contribution is 0.426. The highest BCUT2D eigenvalue weighted by molar-refractivity contribution is 5.74. The normalized spacial score (nSPS) is 10.8. The molecule has 5 nitrogen and oxygen atoms in total. The smallest absolute Gasteiger partial charge is 0.170 e. The van der Waals surface area contributed by atoms with Crippen molar-refractivity contribution in [3.8, 4) is 22.8 Å². The molecule has 0 aromatic carbocycles. The van der Waals surface area contributed by atoms with Crippen molar-refractivity contribution in [2.75, 3.05) is 0 Å². The van der Waals surface area contributed by atoms with Crippen molar-refractivity contribution in [2.45, 2.75) is 13.8 Å². The lowest BCUT2D eigenvalue weighted by atomic mass is 10.1. The maximum atomic E-state index is 5.59. The van der Waals surface area contributed by atoms with E-state index in [1.165, 1.54) is 6.33 Å². The molecule has 3 aromatic rings. The van der Waals surface area contributed by atoms with Crippen LogP contribution >= 0.6 is 0 Å². The topological polar surface area (TPSA) is 65.0 Å². The molecule has 3 heterocycles. The fraction of sp³-hybridized carbons (Fsp3) is 0.154. The molecule has 0 fully saturated rings. The molecule has 0 unspecified atom stereocenters. The van der Waals surface area contributed by atoms with E-state index in [4.69, 9.17) is 8.94 Å². The first kappa shape index (κ1) is 10.7. The van der Waals surface area contributed by atoms with E-state index < -0.39 is 0 Å². The molecule has 0 amide bonds. The van der Waals surface area contributed by atoms with Crippen LogP contribution in [0.4, 0.5) is 0 Å². The number of aryl methyl sites for hydroxylation is 2. The molecule has 0 aliphatic rings. The van der Waals surface area contributed by atoms with Crippen LogP contribution in [0.3, 0.4) is 0 Å². The summed E-state index contributed by atoms with van der Waals surface area (Å²) in [7, 11) is 0. The third kappa shape index (κ3) is 1.79. The highest BCUT2D eigenvalue weighted by atomic mass is 16.5. The van der Waals surface area contributed by atoms with Gasteiger partial charge in [-0.25, -0.2) is 9.97 Å². The van der Waals surface area contributed by atoms with E-state index >= 15 is 0 Å². The van der Waals surface area contributed by atoms with Gasteiger partial charge in [-0.3, -0.25) is 0 Å². The third-order valence-electron chi connectivity index (χ3n) is 2.58. The number of aromatic nitrogens is 3. The molecular weight excluding hydrogens is 230 g/mol. The monoisotopic (exact) mass is 241 g/mol. The van der Waals surface area contributed by atoms with E-state index in [9.17, 15) is 0 Å². The number of nitrogens with zero attached hydrogens (tertiary/aromatic N) is 3. The molecule has 0 N–H and O–H groups in total. The zero-order valence-electron chi connectivity index (χ0n) is 10.0. The Bertz CT molecular complexity index is 626. The summed E-state index contributed by atoms with van der Waals surface area (Å²) in [5.74, 6) is 2.17. The Morgan fingerprint density at radius 2 is 2.00 bits per heavy atom. The van der Waals surface area contributed by atoms with E-state index in [1.54, 1.807) is 6.20 Å². The second-order valence-corrected chi connectivity index (χ2v) is 4.03. The van der Waals surface area contributed by atoms with E-state index in [2.05, 4.69) is 15.1 Å². The van der Waals surface area contributed by atoms with Gasteiger partial charge in [0.15, 0.2) is 11.5 Å². The Morgan fingerprint density at radius 3 is 2.67 bits per heavy atom. The fourth-order valence-corrected chi connectivity index (χ4v) is 1.76. The molecule has 0 aliphatic carbocycles. The van der Waals surface area contributed by atoms with Crippen LogP contribution in [0.5, 0.6) is 0 Å². The van der Waals surface area contributed by atoms with Gasteiger partial charge in [0.2, 0.25) is 0 Å². The quantitative estimate of drug-likeness (QED) is 0.690.